The van der Waals surface area contributed by atoms with Gasteiger partial charge in [-0.1, -0.05) is 0 Å². The Kier molecular flexibility index (Phi) is 4.34. The number of hydrogen-bond donors (Lipinski definition) is 1. The van der Waals surface area contributed by atoms with Crippen molar-refractivity contribution in [2.75, 3.05) is 18.0 Å². The zero-order valence-electron chi connectivity index (χ0n) is 11.2. The Morgan fingerprint density at radius 3 is 2.05 bits per heavy atom. The first kappa shape index (κ1) is 14.2. The molecular weight excluding hydrogens is 253 g/mol. The normalized spacial score (nSPS) is 25.0. The fourth-order valence-corrected chi connectivity index (χ4v) is 2.46. The molecule has 1 N–H and O–H groups in total. The summed E-state index contributed by atoms with van der Waals surface area (Å²) in [5, 5.41) is 3.43. The predicted octanol–water partition coefficient (Wildman–Crippen LogP) is 3.07. The van der Waals surface area contributed by atoms with E-state index in [2.05, 4.69) is 19.2 Å². The van der Waals surface area contributed by atoms with Crippen LogP contribution in [0.15, 0.2) is 12.1 Å². The molecule has 19 heavy (non-hydrogen) atoms. The van der Waals surface area contributed by atoms with Crippen LogP contribution < -0.4 is 10.2 Å². The Morgan fingerprint density at radius 1 is 0.947 bits per heavy atom. The SMILES string of the molecule is CC1CCN(c2cc(F)c(F)cc2F)CCC(C)N1. The average molecular weight is 272 g/mol. The van der Waals surface area contributed by atoms with Crippen LogP contribution in [0.4, 0.5) is 18.9 Å². The molecule has 1 aliphatic rings. The predicted molar refractivity (Wildman–Crippen MR) is 69.8 cm³/mol. The van der Waals surface area contributed by atoms with Gasteiger partial charge in [-0.15, -0.1) is 0 Å². The van der Waals surface area contributed by atoms with E-state index in [9.17, 15) is 13.2 Å². The number of nitrogens with zero attached hydrogens (tertiary/aromatic N) is 1. The second kappa shape index (κ2) is 5.82. The lowest BCUT2D eigenvalue weighted by atomic mass is 10.1. The average Bonchev–Trinajstić information content (AvgIpc) is 2.32. The lowest BCUT2D eigenvalue weighted by Crippen LogP contribution is -2.43. The maximum atomic E-state index is 13.8. The van der Waals surface area contributed by atoms with Crippen molar-refractivity contribution >= 4 is 5.69 Å². The van der Waals surface area contributed by atoms with Crippen molar-refractivity contribution in [2.45, 2.75) is 38.8 Å². The van der Waals surface area contributed by atoms with Crippen molar-refractivity contribution in [1.82, 2.24) is 5.32 Å². The van der Waals surface area contributed by atoms with Gasteiger partial charge in [0.1, 0.15) is 5.82 Å². The maximum Gasteiger partial charge on any atom is 0.161 e. The highest BCUT2D eigenvalue weighted by Crippen LogP contribution is 2.24. The van der Waals surface area contributed by atoms with Crippen LogP contribution >= 0.6 is 0 Å². The first-order chi connectivity index (χ1) is 8.97. The summed E-state index contributed by atoms with van der Waals surface area (Å²) in [6, 6.07) is 2.22. The van der Waals surface area contributed by atoms with Crippen molar-refractivity contribution in [3.05, 3.63) is 29.6 Å². The van der Waals surface area contributed by atoms with Gasteiger partial charge in [0.25, 0.3) is 0 Å². The zero-order valence-corrected chi connectivity index (χ0v) is 11.2. The molecule has 1 aromatic carbocycles. The van der Waals surface area contributed by atoms with Gasteiger partial charge >= 0.3 is 0 Å². The molecule has 106 valence electrons. The monoisotopic (exact) mass is 272 g/mol. The van der Waals surface area contributed by atoms with Crippen molar-refractivity contribution < 1.29 is 13.2 Å². The summed E-state index contributed by atoms with van der Waals surface area (Å²) >= 11 is 0. The minimum atomic E-state index is -1.14. The smallest absolute Gasteiger partial charge is 0.161 e. The summed E-state index contributed by atoms with van der Waals surface area (Å²) in [6.45, 7) is 5.40. The summed E-state index contributed by atoms with van der Waals surface area (Å²) < 4.78 is 40.0. The molecule has 0 saturated carbocycles. The summed E-state index contributed by atoms with van der Waals surface area (Å²) in [6.07, 6.45) is 1.67. The van der Waals surface area contributed by atoms with Gasteiger partial charge in [0.15, 0.2) is 11.6 Å². The van der Waals surface area contributed by atoms with Gasteiger partial charge in [0.2, 0.25) is 0 Å². The molecule has 2 nitrogen and oxygen atoms in total. The van der Waals surface area contributed by atoms with E-state index in [1.807, 2.05) is 0 Å². The number of nitrogens with one attached hydrogen (secondary N) is 1. The maximum absolute atomic E-state index is 13.8. The third-order valence-corrected chi connectivity index (χ3v) is 3.56. The molecule has 2 rings (SSSR count). The second-order valence-corrected chi connectivity index (χ2v) is 5.25. The third-order valence-electron chi connectivity index (χ3n) is 3.56. The Morgan fingerprint density at radius 2 is 1.47 bits per heavy atom. The van der Waals surface area contributed by atoms with Crippen LogP contribution in [0.25, 0.3) is 0 Å². The van der Waals surface area contributed by atoms with E-state index in [-0.39, 0.29) is 5.69 Å². The molecule has 0 spiro atoms. The topological polar surface area (TPSA) is 15.3 Å². The van der Waals surface area contributed by atoms with Crippen LogP contribution in [-0.4, -0.2) is 25.2 Å². The van der Waals surface area contributed by atoms with Crippen molar-refractivity contribution in [3.63, 3.8) is 0 Å². The minimum absolute atomic E-state index is 0.153. The molecule has 1 saturated heterocycles. The summed E-state index contributed by atoms with van der Waals surface area (Å²) in [5.74, 6) is -2.85. The van der Waals surface area contributed by atoms with Gasteiger partial charge in [-0.3, -0.25) is 0 Å². The van der Waals surface area contributed by atoms with Crippen molar-refractivity contribution in [1.29, 1.82) is 0 Å². The lowest BCUT2D eigenvalue weighted by Gasteiger charge is -2.32. The molecular formula is C14H19F3N2. The standard InChI is InChI=1S/C14H19F3N2/c1-9-3-5-19(6-4-10(2)18-9)14-8-12(16)11(15)7-13(14)17/h7-10,18H,3-6H2,1-2H3. The van der Waals surface area contributed by atoms with Crippen LogP contribution in [0.3, 0.4) is 0 Å². The number of rotatable bonds is 1. The highest BCUT2D eigenvalue weighted by Gasteiger charge is 2.20. The lowest BCUT2D eigenvalue weighted by molar-refractivity contribution is 0.402. The van der Waals surface area contributed by atoms with Gasteiger partial charge < -0.3 is 10.2 Å². The number of hydrogen-bond acceptors (Lipinski definition) is 2. The number of benzene rings is 1. The van der Waals surface area contributed by atoms with Crippen LogP contribution in [0.5, 0.6) is 0 Å². The molecule has 1 aromatic rings. The Bertz CT molecular complexity index is 439. The van der Waals surface area contributed by atoms with Gasteiger partial charge in [-0.25, -0.2) is 13.2 Å². The Labute approximate surface area is 111 Å². The number of anilines is 1. The van der Waals surface area contributed by atoms with E-state index >= 15 is 0 Å². The van der Waals surface area contributed by atoms with Crippen LogP contribution in [0.1, 0.15) is 26.7 Å². The number of halogens is 3. The molecule has 0 aliphatic carbocycles. The zero-order chi connectivity index (χ0) is 14.0. The van der Waals surface area contributed by atoms with E-state index in [0.29, 0.717) is 31.2 Å². The van der Waals surface area contributed by atoms with E-state index < -0.39 is 17.5 Å². The van der Waals surface area contributed by atoms with Gasteiger partial charge in [-0.05, 0) is 26.7 Å². The van der Waals surface area contributed by atoms with E-state index in [4.69, 9.17) is 0 Å². The summed E-state index contributed by atoms with van der Waals surface area (Å²) in [5.41, 5.74) is 0.153. The highest BCUT2D eigenvalue weighted by molar-refractivity contribution is 5.48. The summed E-state index contributed by atoms with van der Waals surface area (Å²) in [7, 11) is 0. The molecule has 2 atom stereocenters. The second-order valence-electron chi connectivity index (χ2n) is 5.25. The van der Waals surface area contributed by atoms with E-state index in [0.717, 1.165) is 18.9 Å². The fraction of sp³-hybridized carbons (Fsp3) is 0.571. The van der Waals surface area contributed by atoms with Gasteiger partial charge in [-0.2, -0.15) is 0 Å². The molecule has 0 bridgehead atoms. The Hall–Kier alpha value is -1.23. The fourth-order valence-electron chi connectivity index (χ4n) is 2.46. The molecule has 0 aromatic heterocycles. The molecule has 0 amide bonds. The first-order valence-corrected chi connectivity index (χ1v) is 6.63. The van der Waals surface area contributed by atoms with Gasteiger partial charge in [0.05, 0.1) is 5.69 Å². The quantitative estimate of drug-likeness (QED) is 0.790. The minimum Gasteiger partial charge on any atom is -0.369 e. The largest absolute Gasteiger partial charge is 0.369 e. The summed E-state index contributed by atoms with van der Waals surface area (Å²) in [4.78, 5) is 1.80. The van der Waals surface area contributed by atoms with Crippen molar-refractivity contribution in [3.8, 4) is 0 Å². The van der Waals surface area contributed by atoms with Crippen molar-refractivity contribution in [2.24, 2.45) is 0 Å². The molecule has 0 radical (unpaired) electrons. The highest BCUT2D eigenvalue weighted by atomic mass is 19.2. The third kappa shape index (κ3) is 3.41. The molecule has 1 aliphatic heterocycles. The molecule has 5 heteroatoms. The van der Waals surface area contributed by atoms with Crippen LogP contribution in [-0.2, 0) is 0 Å². The molecule has 1 heterocycles. The van der Waals surface area contributed by atoms with E-state index in [1.165, 1.54) is 0 Å². The van der Waals surface area contributed by atoms with Crippen LogP contribution in [0.2, 0.25) is 0 Å². The molecule has 1 fully saturated rings. The molecule has 2 unspecified atom stereocenters. The first-order valence-electron chi connectivity index (χ1n) is 6.63. The van der Waals surface area contributed by atoms with Gasteiger partial charge in [0, 0.05) is 37.3 Å². The Balaban J connectivity index is 2.22. The van der Waals surface area contributed by atoms with Crippen LogP contribution in [0, 0.1) is 17.5 Å². The van der Waals surface area contributed by atoms with E-state index in [1.54, 1.807) is 4.90 Å².